The molecular weight excluding hydrogens is 522 g/mol. The molecule has 3 rings (SSSR count). The number of ether oxygens (including phenoxy) is 2. The number of aromatic nitrogens is 2. The minimum absolute atomic E-state index is 0.0582. The number of benzene rings is 1. The molecule has 2 radical (unpaired) electrons. The van der Waals surface area contributed by atoms with Crippen LogP contribution in [0.2, 0.25) is 0 Å². The second kappa shape index (κ2) is 11.3. The van der Waals surface area contributed by atoms with E-state index in [2.05, 4.69) is 5.09 Å². The van der Waals surface area contributed by atoms with E-state index in [0.717, 1.165) is 29.0 Å². The van der Waals surface area contributed by atoms with E-state index in [4.69, 9.17) is 38.0 Å². The summed E-state index contributed by atoms with van der Waals surface area (Å²) in [7, 11) is 1.56. The molecule has 12 nitrogen and oxygen atoms in total. The topological polar surface area (TPSA) is 158 Å². The molecule has 0 aliphatic carbocycles. The van der Waals surface area contributed by atoms with Gasteiger partial charge in [0.1, 0.15) is 31.6 Å². The molecular formula is C20H23BClFN3O9P. The zero-order chi connectivity index (χ0) is 26.7. The molecule has 3 N–H and O–H groups in total. The smallest absolute Gasteiger partial charge is 0.459 e. The third-order valence-electron chi connectivity index (χ3n) is 5.01. The van der Waals surface area contributed by atoms with Crippen LogP contribution in [0.25, 0.3) is 0 Å². The van der Waals surface area contributed by atoms with Crippen LogP contribution in [0.5, 0.6) is 5.75 Å². The van der Waals surface area contributed by atoms with Crippen LogP contribution in [0, 0.1) is 5.82 Å². The molecule has 2 aromatic rings. The summed E-state index contributed by atoms with van der Waals surface area (Å²) >= 11 is 6.26. The van der Waals surface area contributed by atoms with Crippen molar-refractivity contribution < 1.29 is 37.4 Å². The first-order valence-electron chi connectivity index (χ1n) is 10.6. The summed E-state index contributed by atoms with van der Waals surface area (Å²) in [6.07, 6.45) is -3.39. The maximum absolute atomic E-state index is 13.6. The molecule has 1 fully saturated rings. The number of hydrogen-bond donors (Lipinski definition) is 3. The number of halogens is 2. The van der Waals surface area contributed by atoms with E-state index in [-0.39, 0.29) is 12.4 Å². The van der Waals surface area contributed by atoms with Gasteiger partial charge in [0.25, 0.3) is 5.56 Å². The maximum Gasteiger partial charge on any atom is 0.459 e. The van der Waals surface area contributed by atoms with Crippen molar-refractivity contribution in [3.63, 3.8) is 0 Å². The lowest BCUT2D eigenvalue weighted by atomic mass is 9.79. The lowest BCUT2D eigenvalue weighted by molar-refractivity contribution is -0.144. The Labute approximate surface area is 210 Å². The minimum Gasteiger partial charge on any atom is -0.465 e. The van der Waals surface area contributed by atoms with Gasteiger partial charge in [0.2, 0.25) is 0 Å². The van der Waals surface area contributed by atoms with Crippen molar-refractivity contribution in [2.24, 2.45) is 0 Å². The second-order valence-electron chi connectivity index (χ2n) is 7.76. The van der Waals surface area contributed by atoms with Gasteiger partial charge in [-0.25, -0.2) is 13.8 Å². The highest BCUT2D eigenvalue weighted by Crippen LogP contribution is 2.47. The van der Waals surface area contributed by atoms with Gasteiger partial charge in [0.15, 0.2) is 6.23 Å². The van der Waals surface area contributed by atoms with Crippen molar-refractivity contribution in [1.82, 2.24) is 14.6 Å². The van der Waals surface area contributed by atoms with E-state index >= 15 is 0 Å². The molecule has 1 aliphatic rings. The van der Waals surface area contributed by atoms with E-state index in [1.807, 2.05) is 4.98 Å². The summed E-state index contributed by atoms with van der Waals surface area (Å²) in [5, 5.41) is 13.0. The summed E-state index contributed by atoms with van der Waals surface area (Å²) in [6, 6.07) is 4.53. The summed E-state index contributed by atoms with van der Waals surface area (Å²) in [4.78, 5) is 37.6. The molecule has 1 unspecified atom stereocenters. The standard InChI is InChI=1S/C20H23BClFN3O9P/c1-3-32-17(29)11(2)25-36(31,35-13-6-4-5-12(23)9-13)33-10-14-16(28)20(21,22)18(34-14)26-8-7-15(27)24-19(26)30/h4-9,11,14,16,18,28H,3,10H2,1-2H3,(H,25,31)(H,24,27,30)/t11-,14+,16+,18+,20-,36?/m0/s1. The molecule has 16 heteroatoms. The van der Waals surface area contributed by atoms with Crippen molar-refractivity contribution in [3.8, 4) is 5.75 Å². The SMILES string of the molecule is [B][C@]1(Cl)[C@H](O)[C@@H](COP(=O)(N[C@@H](C)C(=O)OCC)Oc2cccc(F)c2)O[C@H]1n1ccc(=O)[nH]c1=O. The molecule has 1 aliphatic heterocycles. The van der Waals surface area contributed by atoms with Crippen molar-refractivity contribution >= 4 is 33.2 Å². The molecule has 2 heterocycles. The predicted octanol–water partition coefficient (Wildman–Crippen LogP) is 0.782. The summed E-state index contributed by atoms with van der Waals surface area (Å²) in [6.45, 7) is 2.32. The molecule has 6 atom stereocenters. The van der Waals surface area contributed by atoms with Crippen molar-refractivity contribution in [1.29, 1.82) is 0 Å². The number of nitrogens with zero attached hydrogens (tertiary/aromatic N) is 1. The average Bonchev–Trinajstić information content (AvgIpc) is 3.01. The Kier molecular flexibility index (Phi) is 8.81. The molecule has 194 valence electrons. The maximum atomic E-state index is 13.6. The molecule has 1 aromatic heterocycles. The van der Waals surface area contributed by atoms with Crippen LogP contribution in [0.3, 0.4) is 0 Å². The molecule has 0 bridgehead atoms. The molecule has 0 saturated carbocycles. The Balaban J connectivity index is 1.82. The monoisotopic (exact) mass is 545 g/mol. The summed E-state index contributed by atoms with van der Waals surface area (Å²) < 4.78 is 47.2. The third-order valence-corrected chi connectivity index (χ3v) is 7.07. The normalized spacial score (nSPS) is 26.2. The van der Waals surface area contributed by atoms with Gasteiger partial charge in [-0.3, -0.25) is 23.7 Å². The molecule has 1 saturated heterocycles. The Morgan fingerprint density at radius 2 is 2.17 bits per heavy atom. The zero-order valence-corrected chi connectivity index (χ0v) is 20.8. The van der Waals surface area contributed by atoms with Gasteiger partial charge in [-0.15, -0.1) is 11.6 Å². The first kappa shape index (κ1) is 28.1. The highest BCUT2D eigenvalue weighted by atomic mass is 35.5. The van der Waals surface area contributed by atoms with E-state index < -0.39 is 66.6 Å². The Morgan fingerprint density at radius 3 is 2.81 bits per heavy atom. The van der Waals surface area contributed by atoms with Gasteiger partial charge in [0.05, 0.1) is 24.1 Å². The molecule has 1 aromatic carbocycles. The number of nitrogens with one attached hydrogen (secondary N) is 2. The van der Waals surface area contributed by atoms with Crippen LogP contribution >= 0.6 is 19.3 Å². The number of aromatic amines is 1. The predicted molar refractivity (Wildman–Crippen MR) is 125 cm³/mol. The Hall–Kier alpha value is -2.48. The third kappa shape index (κ3) is 6.44. The number of carbonyl (C=O) groups is 1. The number of aliphatic hydroxyl groups excluding tert-OH is 1. The van der Waals surface area contributed by atoms with Crippen molar-refractivity contribution in [2.75, 3.05) is 13.2 Å². The van der Waals surface area contributed by atoms with Gasteiger partial charge in [-0.05, 0) is 26.0 Å². The second-order valence-corrected chi connectivity index (χ2v) is 10.1. The van der Waals surface area contributed by atoms with Crippen LogP contribution in [-0.2, 0) is 23.4 Å². The van der Waals surface area contributed by atoms with Crippen molar-refractivity contribution in [2.45, 2.75) is 43.1 Å². The average molecular weight is 546 g/mol. The zero-order valence-electron chi connectivity index (χ0n) is 19.1. The number of esters is 1. The van der Waals surface area contributed by atoms with Gasteiger partial charge in [0, 0.05) is 18.3 Å². The highest BCUT2D eigenvalue weighted by Gasteiger charge is 2.53. The number of carbonyl (C=O) groups excluding carboxylic acids is 1. The Morgan fingerprint density at radius 1 is 1.44 bits per heavy atom. The lowest BCUT2D eigenvalue weighted by Crippen LogP contribution is -2.45. The molecule has 0 spiro atoms. The van der Waals surface area contributed by atoms with Gasteiger partial charge >= 0.3 is 19.4 Å². The largest absolute Gasteiger partial charge is 0.465 e. The van der Waals surface area contributed by atoms with Gasteiger partial charge in [-0.2, -0.15) is 5.09 Å². The number of aliphatic hydroxyl groups is 1. The summed E-state index contributed by atoms with van der Waals surface area (Å²) in [5.41, 5.74) is -1.58. The first-order chi connectivity index (χ1) is 16.9. The van der Waals surface area contributed by atoms with Crippen LogP contribution in [0.1, 0.15) is 20.1 Å². The molecule has 0 amide bonds. The van der Waals surface area contributed by atoms with E-state index in [1.54, 1.807) is 6.92 Å². The van der Waals surface area contributed by atoms with Gasteiger partial charge < -0.3 is 19.1 Å². The molecule has 36 heavy (non-hydrogen) atoms. The number of alkyl halides is 1. The van der Waals surface area contributed by atoms with Crippen molar-refractivity contribution in [3.05, 3.63) is 63.2 Å². The number of hydrogen-bond acceptors (Lipinski definition) is 9. The van der Waals surface area contributed by atoms with Crippen LogP contribution in [-0.4, -0.2) is 64.7 Å². The minimum atomic E-state index is -4.43. The van der Waals surface area contributed by atoms with Gasteiger partial charge in [-0.1, -0.05) is 6.07 Å². The lowest BCUT2D eigenvalue weighted by Gasteiger charge is -2.27. The summed E-state index contributed by atoms with van der Waals surface area (Å²) in [5.74, 6) is -1.63. The van der Waals surface area contributed by atoms with E-state index in [1.165, 1.54) is 19.1 Å². The number of rotatable bonds is 10. The first-order valence-corrected chi connectivity index (χ1v) is 12.6. The van der Waals surface area contributed by atoms with E-state index in [0.29, 0.717) is 0 Å². The fourth-order valence-electron chi connectivity index (χ4n) is 3.28. The quantitative estimate of drug-likeness (QED) is 0.169. The van der Waals surface area contributed by atoms with Crippen LogP contribution < -0.4 is 20.9 Å². The highest BCUT2D eigenvalue weighted by molar-refractivity contribution is 7.52. The fraction of sp³-hybridized carbons (Fsp3) is 0.450. The van der Waals surface area contributed by atoms with Crippen LogP contribution in [0.15, 0.2) is 46.1 Å². The van der Waals surface area contributed by atoms with E-state index in [9.17, 15) is 28.4 Å². The van der Waals surface area contributed by atoms with Crippen LogP contribution in [0.4, 0.5) is 4.39 Å². The number of H-pyrrole nitrogens is 1. The fourth-order valence-corrected chi connectivity index (χ4v) is 5.07. The Bertz CT molecular complexity index is 1260.